The fourth-order valence-electron chi connectivity index (χ4n) is 5.44. The van der Waals surface area contributed by atoms with Gasteiger partial charge in [-0.05, 0) is 44.0 Å². The maximum Gasteiger partial charge on any atom is 0.338 e. The summed E-state index contributed by atoms with van der Waals surface area (Å²) in [4.78, 5) is 41.0. The molecule has 0 atom stereocenters. The molecule has 0 saturated heterocycles. The molecule has 5 rings (SSSR count). The highest BCUT2D eigenvalue weighted by atomic mass is 35.5. The number of halogens is 1. The Morgan fingerprint density at radius 2 is 1.91 bits per heavy atom. The van der Waals surface area contributed by atoms with Crippen LogP contribution in [0, 0.1) is 30.1 Å². The van der Waals surface area contributed by atoms with E-state index in [0.29, 0.717) is 69.6 Å². The molecule has 0 aliphatic heterocycles. The monoisotopic (exact) mass is 670 g/mol. The van der Waals surface area contributed by atoms with E-state index in [1.54, 1.807) is 57.0 Å². The number of aromatic nitrogens is 4. The number of benzene rings is 1. The van der Waals surface area contributed by atoms with Crippen molar-refractivity contribution in [1.29, 1.82) is 5.26 Å². The molecule has 11 nitrogen and oxygen atoms in total. The van der Waals surface area contributed by atoms with E-state index in [1.165, 1.54) is 22.1 Å². The van der Waals surface area contributed by atoms with Gasteiger partial charge in [0, 0.05) is 73.8 Å². The molecule has 240 valence electrons. The molecule has 0 bridgehead atoms. The van der Waals surface area contributed by atoms with Crippen molar-refractivity contribution in [2.75, 3.05) is 39.4 Å². The first kappa shape index (κ1) is 33.5. The van der Waals surface area contributed by atoms with Crippen LogP contribution in [0.25, 0.3) is 32.2 Å². The van der Waals surface area contributed by atoms with E-state index in [1.807, 2.05) is 11.9 Å². The van der Waals surface area contributed by atoms with Crippen LogP contribution in [-0.4, -0.2) is 71.1 Å². The van der Waals surface area contributed by atoms with Gasteiger partial charge in [-0.2, -0.15) is 5.26 Å². The smallest absolute Gasteiger partial charge is 0.338 e. The van der Waals surface area contributed by atoms with Gasteiger partial charge in [-0.25, -0.2) is 14.8 Å². The van der Waals surface area contributed by atoms with Gasteiger partial charge in [0.05, 0.1) is 39.4 Å². The molecule has 0 saturated carbocycles. The lowest BCUT2D eigenvalue weighted by atomic mass is 10.00. The second kappa shape index (κ2) is 14.7. The highest BCUT2D eigenvalue weighted by Crippen LogP contribution is 2.36. The number of nitriles is 1. The van der Waals surface area contributed by atoms with Crippen LogP contribution < -0.4 is 10.5 Å². The number of ether oxygens (including phenoxy) is 2. The number of fused-ring (bicyclic) bond motifs is 2. The SMILES string of the molecule is COCCC(CCOC)N(C)c1ncc2nc(C)n(CC#Cc3ccc(Cl)cc3-c3ccnc4c(C(=O)O)csc34)c(=O)c2c1C#N. The number of rotatable bonds is 11. The normalized spacial score (nSPS) is 11.1. The molecule has 0 aliphatic rings. The Morgan fingerprint density at radius 1 is 1.17 bits per heavy atom. The predicted octanol–water partition coefficient (Wildman–Crippen LogP) is 5.53. The highest BCUT2D eigenvalue weighted by Gasteiger charge is 2.23. The van der Waals surface area contributed by atoms with Crippen molar-refractivity contribution in [1.82, 2.24) is 19.5 Å². The molecule has 0 fully saturated rings. The number of carbonyl (C=O) groups is 1. The molecule has 0 radical (unpaired) electrons. The molecule has 4 heterocycles. The zero-order valence-corrected chi connectivity index (χ0v) is 27.8. The van der Waals surface area contributed by atoms with Gasteiger partial charge in [0.25, 0.3) is 5.56 Å². The van der Waals surface area contributed by atoms with E-state index >= 15 is 0 Å². The van der Waals surface area contributed by atoms with Crippen LogP contribution in [0.2, 0.25) is 5.02 Å². The van der Waals surface area contributed by atoms with Crippen LogP contribution in [-0.2, 0) is 16.0 Å². The molecular weight excluding hydrogens is 640 g/mol. The minimum Gasteiger partial charge on any atom is -0.478 e. The number of hydrogen-bond donors (Lipinski definition) is 1. The minimum atomic E-state index is -1.05. The lowest BCUT2D eigenvalue weighted by molar-refractivity contribution is 0.0699. The summed E-state index contributed by atoms with van der Waals surface area (Å²) in [5.41, 5.74) is 2.68. The molecule has 0 spiro atoms. The number of aromatic carboxylic acids is 1. The Kier molecular flexibility index (Phi) is 10.5. The Bertz CT molecular complexity index is 2140. The highest BCUT2D eigenvalue weighted by molar-refractivity contribution is 7.18. The molecule has 1 aromatic carbocycles. The summed E-state index contributed by atoms with van der Waals surface area (Å²) in [6.45, 7) is 2.74. The molecule has 4 aromatic heterocycles. The summed E-state index contributed by atoms with van der Waals surface area (Å²) in [6.07, 6.45) is 4.44. The van der Waals surface area contributed by atoms with E-state index in [4.69, 9.17) is 21.1 Å². The van der Waals surface area contributed by atoms with Crippen molar-refractivity contribution >= 4 is 55.8 Å². The maximum atomic E-state index is 13.9. The summed E-state index contributed by atoms with van der Waals surface area (Å²) in [6, 6.07) is 9.22. The van der Waals surface area contributed by atoms with Crippen molar-refractivity contribution < 1.29 is 19.4 Å². The van der Waals surface area contributed by atoms with Crippen molar-refractivity contribution in [3.8, 4) is 29.0 Å². The maximum absolute atomic E-state index is 13.9. The van der Waals surface area contributed by atoms with Crippen LogP contribution in [0.5, 0.6) is 0 Å². The quantitative estimate of drug-likeness (QED) is 0.178. The molecular formula is C34H31ClN6O5S. The number of carboxylic acid groups (broad SMARTS) is 1. The van der Waals surface area contributed by atoms with Crippen molar-refractivity contribution in [3.63, 3.8) is 0 Å². The van der Waals surface area contributed by atoms with Gasteiger partial charge in [-0.1, -0.05) is 23.4 Å². The number of anilines is 1. The van der Waals surface area contributed by atoms with Crippen LogP contribution in [0.4, 0.5) is 5.82 Å². The predicted molar refractivity (Wildman–Crippen MR) is 182 cm³/mol. The first-order chi connectivity index (χ1) is 22.7. The largest absolute Gasteiger partial charge is 0.478 e. The second-order valence-corrected chi connectivity index (χ2v) is 12.0. The molecule has 13 heteroatoms. The average Bonchev–Trinajstić information content (AvgIpc) is 3.51. The second-order valence-electron chi connectivity index (χ2n) is 10.7. The molecule has 0 unspecified atom stereocenters. The summed E-state index contributed by atoms with van der Waals surface area (Å²) in [7, 11) is 5.11. The van der Waals surface area contributed by atoms with Crippen molar-refractivity contribution in [3.05, 3.63) is 79.9 Å². The number of aryl methyl sites for hydroxylation is 1. The Hall–Kier alpha value is -4.85. The van der Waals surface area contributed by atoms with E-state index < -0.39 is 11.5 Å². The molecule has 1 N–H and O–H groups in total. The molecule has 47 heavy (non-hydrogen) atoms. The fourth-order valence-corrected chi connectivity index (χ4v) is 6.64. The van der Waals surface area contributed by atoms with Crippen LogP contribution in [0.15, 0.2) is 46.8 Å². The van der Waals surface area contributed by atoms with Gasteiger partial charge in [0.15, 0.2) is 0 Å². The standard InChI is InChI=1S/C34H31ClN6O5S/c1-20-39-28-18-38-32(40(2)23(10-14-45-3)11-15-46-4)26(17-36)29(28)33(42)41(20)13-5-6-21-7-8-22(35)16-25(21)24-9-12-37-30-27(34(43)44)19-47-31(24)30/h7-9,12,16,18-19,23H,10-11,13-15H2,1-4H3,(H,43,44). The third kappa shape index (κ3) is 6.82. The van der Waals surface area contributed by atoms with Gasteiger partial charge in [-0.3, -0.25) is 14.3 Å². The minimum absolute atomic E-state index is 0.00621. The number of hydrogen-bond acceptors (Lipinski definition) is 10. The van der Waals surface area contributed by atoms with Crippen molar-refractivity contribution in [2.24, 2.45) is 0 Å². The third-order valence-corrected chi connectivity index (χ3v) is 9.13. The van der Waals surface area contributed by atoms with E-state index in [-0.39, 0.29) is 29.1 Å². The van der Waals surface area contributed by atoms with E-state index in [2.05, 4.69) is 32.9 Å². The van der Waals surface area contributed by atoms with Gasteiger partial charge in [0.2, 0.25) is 0 Å². The van der Waals surface area contributed by atoms with Crippen molar-refractivity contribution in [2.45, 2.75) is 32.4 Å². The topological polar surface area (TPSA) is 143 Å². The fraction of sp³-hybridized carbons (Fsp3) is 0.294. The summed E-state index contributed by atoms with van der Waals surface area (Å²) < 4.78 is 12.7. The lowest BCUT2D eigenvalue weighted by Crippen LogP contribution is -2.35. The van der Waals surface area contributed by atoms with Gasteiger partial charge >= 0.3 is 5.97 Å². The molecule has 0 amide bonds. The molecule has 5 aromatic rings. The summed E-state index contributed by atoms with van der Waals surface area (Å²) in [5.74, 6) is 6.00. The first-order valence-electron chi connectivity index (χ1n) is 14.6. The van der Waals surface area contributed by atoms with Gasteiger partial charge < -0.3 is 19.5 Å². The zero-order valence-electron chi connectivity index (χ0n) is 26.2. The molecule has 0 aliphatic carbocycles. The summed E-state index contributed by atoms with van der Waals surface area (Å²) in [5, 5.41) is 22.1. The number of methoxy groups -OCH3 is 2. The Morgan fingerprint density at radius 3 is 2.60 bits per heavy atom. The first-order valence-corrected chi connectivity index (χ1v) is 15.8. The van der Waals surface area contributed by atoms with Crippen LogP contribution >= 0.6 is 22.9 Å². The number of nitrogens with zero attached hydrogens (tertiary/aromatic N) is 6. The van der Waals surface area contributed by atoms with Gasteiger partial charge in [0.1, 0.15) is 23.3 Å². The van der Waals surface area contributed by atoms with Gasteiger partial charge in [-0.15, -0.1) is 11.3 Å². The summed E-state index contributed by atoms with van der Waals surface area (Å²) >= 11 is 7.66. The lowest BCUT2D eigenvalue weighted by Gasteiger charge is -2.29. The number of thiophene rings is 1. The van der Waals surface area contributed by atoms with Crippen LogP contribution in [0.3, 0.4) is 0 Å². The number of pyridine rings is 2. The zero-order chi connectivity index (χ0) is 33.7. The Labute approximate surface area is 280 Å². The number of carboxylic acids is 1. The average molecular weight is 671 g/mol. The van der Waals surface area contributed by atoms with Crippen LogP contribution in [0.1, 0.15) is 40.2 Å². The van der Waals surface area contributed by atoms with E-state index in [0.717, 1.165) is 5.56 Å². The third-order valence-electron chi connectivity index (χ3n) is 7.89. The van der Waals surface area contributed by atoms with E-state index in [9.17, 15) is 20.0 Å². The Balaban J connectivity index is 1.55.